The first kappa shape index (κ1) is 52.9. The number of ether oxygens (including phenoxy) is 2. The molecule has 364 valence electrons. The van der Waals surface area contributed by atoms with Crippen LogP contribution in [0.15, 0.2) is 0 Å². The van der Waals surface area contributed by atoms with E-state index >= 15 is 0 Å². The Morgan fingerprint density at radius 3 is 1.25 bits per heavy atom. The summed E-state index contributed by atoms with van der Waals surface area (Å²) >= 11 is 0. The summed E-state index contributed by atoms with van der Waals surface area (Å²) in [6, 6.07) is 2.11. The van der Waals surface area contributed by atoms with Gasteiger partial charge in [0.25, 0.3) is 0 Å². The molecule has 0 aromatic carbocycles. The average molecular weight is 889 g/mol. The Balaban J connectivity index is 0.000000188. The van der Waals surface area contributed by atoms with Gasteiger partial charge in [-0.2, -0.15) is 0 Å². The maximum atomic E-state index is 12.4. The molecule has 0 unspecified atom stereocenters. The van der Waals surface area contributed by atoms with Crippen LogP contribution in [0.1, 0.15) is 152 Å². The standard InChI is InChI=1S/C16H28N2O3.C11H22N2O2.C11H20N2O.C11H22N2/c1-15(2,3)21-14(20)18-10-6-12(7-11-18)17(5)13(19)16(4)8-9-16;1-11(2,3)15-10(14)13-7-5-9(12-4)6-8-13;1-11(5-6-11)10(14)13(2)9-3-7-12-8-4-9;1-11(5-6-11)9-13(2)10-3-7-12-8-4-10/h12H,6-11H2,1-5H3;9,12H,5-8H2,1-4H3;9,12H,3-8H2,1-2H3;10,12H,3-9H2,1-2H3. The van der Waals surface area contributed by atoms with Gasteiger partial charge in [0.1, 0.15) is 11.2 Å². The average Bonchev–Trinajstić information content (AvgIpc) is 4.21. The van der Waals surface area contributed by atoms with Crippen LogP contribution < -0.4 is 16.0 Å². The number of carbonyl (C=O) groups is 4. The second-order valence-corrected chi connectivity index (χ2v) is 22.9. The van der Waals surface area contributed by atoms with Crippen molar-refractivity contribution in [2.75, 3.05) is 87.1 Å². The summed E-state index contributed by atoms with van der Waals surface area (Å²) in [5, 5.41) is 9.98. The summed E-state index contributed by atoms with van der Waals surface area (Å²) in [4.78, 5) is 58.1. The Bertz CT molecular complexity index is 1460. The van der Waals surface area contributed by atoms with Crippen LogP contribution in [0, 0.1) is 16.2 Å². The molecule has 7 aliphatic rings. The Hall–Kier alpha value is -2.68. The van der Waals surface area contributed by atoms with Gasteiger partial charge in [0, 0.05) is 81.8 Å². The van der Waals surface area contributed by atoms with E-state index in [4.69, 9.17) is 9.47 Å². The van der Waals surface area contributed by atoms with E-state index in [0.29, 0.717) is 36.5 Å². The molecule has 4 amide bonds. The molecule has 4 saturated heterocycles. The molecule has 3 saturated carbocycles. The summed E-state index contributed by atoms with van der Waals surface area (Å²) < 4.78 is 10.7. The summed E-state index contributed by atoms with van der Waals surface area (Å²) in [7, 11) is 8.15. The molecular weight excluding hydrogens is 797 g/mol. The van der Waals surface area contributed by atoms with E-state index in [0.717, 1.165) is 96.4 Å². The van der Waals surface area contributed by atoms with Gasteiger partial charge in [-0.15, -0.1) is 0 Å². The number of nitrogens with zero attached hydrogens (tertiary/aromatic N) is 5. The van der Waals surface area contributed by atoms with Gasteiger partial charge < -0.3 is 49.9 Å². The second-order valence-electron chi connectivity index (χ2n) is 22.9. The van der Waals surface area contributed by atoms with E-state index in [9.17, 15) is 19.2 Å². The molecule has 0 aromatic heterocycles. The van der Waals surface area contributed by atoms with Gasteiger partial charge in [0.05, 0.1) is 0 Å². The summed E-state index contributed by atoms with van der Waals surface area (Å²) in [5.74, 6) is 0.627. The molecule has 7 rings (SSSR count). The van der Waals surface area contributed by atoms with Crippen molar-refractivity contribution >= 4 is 24.0 Å². The largest absolute Gasteiger partial charge is 0.444 e. The Morgan fingerprint density at radius 1 is 0.571 bits per heavy atom. The van der Waals surface area contributed by atoms with Gasteiger partial charge >= 0.3 is 12.2 Å². The van der Waals surface area contributed by atoms with Crippen molar-refractivity contribution in [3.8, 4) is 0 Å². The summed E-state index contributed by atoms with van der Waals surface area (Å²) in [5.41, 5.74) is -0.283. The minimum atomic E-state index is -0.457. The van der Waals surface area contributed by atoms with Crippen LogP contribution in [-0.2, 0) is 19.1 Å². The normalized spacial score (nSPS) is 23.3. The highest BCUT2D eigenvalue weighted by Gasteiger charge is 2.48. The van der Waals surface area contributed by atoms with Crippen molar-refractivity contribution in [3.63, 3.8) is 0 Å². The molecule has 0 radical (unpaired) electrons. The minimum Gasteiger partial charge on any atom is -0.444 e. The van der Waals surface area contributed by atoms with Crippen LogP contribution in [0.25, 0.3) is 0 Å². The number of hydrogen-bond acceptors (Lipinski definition) is 10. The maximum Gasteiger partial charge on any atom is 0.410 e. The SMILES string of the molecule is CN(C(=O)C1(C)CC1)C1CCN(C(=O)OC(C)(C)C)CC1.CN(C(=O)C1(C)CC1)C1CCNCC1.CN(CC1(C)CC1)C1CCNCC1.CNC1CCN(C(=O)OC(C)(C)C)CC1. The van der Waals surface area contributed by atoms with Crippen molar-refractivity contribution in [1.82, 2.24) is 40.4 Å². The molecule has 63 heavy (non-hydrogen) atoms. The molecule has 14 nitrogen and oxygen atoms in total. The molecule has 0 atom stereocenters. The highest BCUT2D eigenvalue weighted by Crippen LogP contribution is 2.48. The molecule has 7 fully saturated rings. The highest BCUT2D eigenvalue weighted by molar-refractivity contribution is 5.85. The van der Waals surface area contributed by atoms with Gasteiger partial charge in [0.2, 0.25) is 11.8 Å². The van der Waals surface area contributed by atoms with Gasteiger partial charge in [-0.05, 0) is 177 Å². The van der Waals surface area contributed by atoms with Crippen LogP contribution in [0.5, 0.6) is 0 Å². The van der Waals surface area contributed by atoms with E-state index < -0.39 is 11.2 Å². The van der Waals surface area contributed by atoms with Crippen molar-refractivity contribution in [1.29, 1.82) is 0 Å². The van der Waals surface area contributed by atoms with Crippen molar-refractivity contribution in [3.05, 3.63) is 0 Å². The Kier molecular flexibility index (Phi) is 19.1. The number of rotatable bonds is 8. The number of nitrogens with one attached hydrogen (secondary N) is 3. The molecule has 3 N–H and O–H groups in total. The predicted molar refractivity (Wildman–Crippen MR) is 253 cm³/mol. The fourth-order valence-electron chi connectivity index (χ4n) is 8.97. The van der Waals surface area contributed by atoms with E-state index in [1.54, 1.807) is 9.80 Å². The molecule has 4 heterocycles. The fraction of sp³-hybridized carbons (Fsp3) is 0.918. The molecule has 0 aromatic rings. The lowest BCUT2D eigenvalue weighted by molar-refractivity contribution is -0.138. The van der Waals surface area contributed by atoms with Crippen LogP contribution in [0.4, 0.5) is 9.59 Å². The quantitative estimate of drug-likeness (QED) is 0.241. The smallest absolute Gasteiger partial charge is 0.410 e. The van der Waals surface area contributed by atoms with E-state index in [-0.39, 0.29) is 35.0 Å². The number of piperidine rings is 4. The van der Waals surface area contributed by atoms with Crippen molar-refractivity contribution in [2.24, 2.45) is 16.2 Å². The van der Waals surface area contributed by atoms with E-state index in [1.165, 1.54) is 45.3 Å². The zero-order chi connectivity index (χ0) is 46.8. The first-order chi connectivity index (χ1) is 29.4. The second kappa shape index (κ2) is 22.7. The van der Waals surface area contributed by atoms with Gasteiger partial charge in [-0.1, -0.05) is 20.8 Å². The maximum absolute atomic E-state index is 12.4. The summed E-state index contributed by atoms with van der Waals surface area (Å²) in [6.07, 6.45) is 15.2. The first-order valence-corrected chi connectivity index (χ1v) is 24.7. The number of amides is 4. The fourth-order valence-corrected chi connectivity index (χ4v) is 8.97. The number of carbonyl (C=O) groups excluding carboxylic acids is 4. The van der Waals surface area contributed by atoms with Crippen molar-refractivity contribution in [2.45, 2.75) is 188 Å². The molecule has 14 heteroatoms. The minimum absolute atomic E-state index is 0.000371. The molecular formula is C49H92N8O6. The summed E-state index contributed by atoms with van der Waals surface area (Å²) in [6.45, 7) is 26.6. The predicted octanol–water partition coefficient (Wildman–Crippen LogP) is 6.72. The molecule has 0 spiro atoms. The van der Waals surface area contributed by atoms with Crippen LogP contribution in [0.2, 0.25) is 0 Å². The van der Waals surface area contributed by atoms with Crippen LogP contribution >= 0.6 is 0 Å². The monoisotopic (exact) mass is 889 g/mol. The van der Waals surface area contributed by atoms with E-state index in [2.05, 4.69) is 41.7 Å². The lowest BCUT2D eigenvalue weighted by Crippen LogP contribution is -2.49. The molecule has 3 aliphatic carbocycles. The van der Waals surface area contributed by atoms with E-state index in [1.807, 2.05) is 79.4 Å². The number of likely N-dealkylation sites (tertiary alicyclic amines) is 2. The molecule has 4 aliphatic heterocycles. The van der Waals surface area contributed by atoms with Crippen molar-refractivity contribution < 1.29 is 28.7 Å². The Morgan fingerprint density at radius 2 is 0.921 bits per heavy atom. The first-order valence-electron chi connectivity index (χ1n) is 24.7. The number of hydrogen-bond donors (Lipinski definition) is 3. The lowest BCUT2D eigenvalue weighted by Gasteiger charge is -2.38. The third-order valence-corrected chi connectivity index (χ3v) is 14.4. The Labute approximate surface area is 383 Å². The third-order valence-electron chi connectivity index (χ3n) is 14.4. The lowest BCUT2D eigenvalue weighted by atomic mass is 10.0. The third kappa shape index (κ3) is 17.6. The van der Waals surface area contributed by atoms with Gasteiger partial charge in [0.15, 0.2) is 0 Å². The van der Waals surface area contributed by atoms with Gasteiger partial charge in [-0.3, -0.25) is 9.59 Å². The topological polar surface area (TPSA) is 139 Å². The zero-order valence-electron chi connectivity index (χ0n) is 42.3. The zero-order valence-corrected chi connectivity index (χ0v) is 42.3. The van der Waals surface area contributed by atoms with Gasteiger partial charge in [-0.25, -0.2) is 9.59 Å². The highest BCUT2D eigenvalue weighted by atomic mass is 16.6. The van der Waals surface area contributed by atoms with Crippen LogP contribution in [0.3, 0.4) is 0 Å². The molecule has 0 bridgehead atoms. The van der Waals surface area contributed by atoms with Crippen LogP contribution in [-0.4, -0.2) is 171 Å².